The lowest BCUT2D eigenvalue weighted by Gasteiger charge is -2.15. The van der Waals surface area contributed by atoms with Crippen molar-refractivity contribution in [3.05, 3.63) is 24.3 Å². The minimum absolute atomic E-state index is 0.181. The molecule has 0 amide bonds. The molecule has 1 aromatic rings. The first-order valence-corrected chi connectivity index (χ1v) is 6.02. The van der Waals surface area contributed by atoms with E-state index in [1.165, 1.54) is 0 Å². The van der Waals surface area contributed by atoms with Gasteiger partial charge < -0.3 is 14.6 Å². The molecule has 1 unspecified atom stereocenters. The van der Waals surface area contributed by atoms with Crippen LogP contribution in [0.2, 0.25) is 0 Å². The number of rotatable bonds is 7. The zero-order valence-corrected chi connectivity index (χ0v) is 11.1. The molecule has 0 heterocycles. The summed E-state index contributed by atoms with van der Waals surface area (Å²) in [6, 6.07) is 7.16. The van der Waals surface area contributed by atoms with Crippen molar-refractivity contribution in [2.45, 2.75) is 20.3 Å². The number of benzene rings is 1. The van der Waals surface area contributed by atoms with Crippen molar-refractivity contribution in [3.8, 4) is 11.5 Å². The monoisotopic (exact) mass is 252 g/mol. The van der Waals surface area contributed by atoms with Gasteiger partial charge in [0.1, 0.15) is 18.1 Å². The van der Waals surface area contributed by atoms with Crippen LogP contribution in [-0.2, 0) is 4.79 Å². The molecular weight excluding hydrogens is 232 g/mol. The SMILES string of the molecule is COc1cccc(OCC(CC(C)C)C(=O)O)c1. The second-order valence-electron chi connectivity index (χ2n) is 4.65. The molecular formula is C14H20O4. The summed E-state index contributed by atoms with van der Waals surface area (Å²) >= 11 is 0. The van der Waals surface area contributed by atoms with Crippen molar-refractivity contribution in [2.75, 3.05) is 13.7 Å². The van der Waals surface area contributed by atoms with Crippen LogP contribution in [-0.4, -0.2) is 24.8 Å². The molecule has 0 saturated carbocycles. The Morgan fingerprint density at radius 1 is 1.33 bits per heavy atom. The molecule has 1 aromatic carbocycles. The molecule has 18 heavy (non-hydrogen) atoms. The largest absolute Gasteiger partial charge is 0.497 e. The van der Waals surface area contributed by atoms with Crippen LogP contribution in [0, 0.1) is 11.8 Å². The number of carboxylic acid groups (broad SMARTS) is 1. The Morgan fingerprint density at radius 2 is 2.00 bits per heavy atom. The number of carbonyl (C=O) groups is 1. The lowest BCUT2D eigenvalue weighted by Crippen LogP contribution is -2.23. The smallest absolute Gasteiger partial charge is 0.309 e. The van der Waals surface area contributed by atoms with Gasteiger partial charge in [-0.25, -0.2) is 0 Å². The van der Waals surface area contributed by atoms with E-state index in [2.05, 4.69) is 0 Å². The number of hydrogen-bond acceptors (Lipinski definition) is 3. The molecule has 0 radical (unpaired) electrons. The molecule has 0 aliphatic carbocycles. The molecule has 1 N–H and O–H groups in total. The van der Waals surface area contributed by atoms with Gasteiger partial charge in [-0.2, -0.15) is 0 Å². The van der Waals surface area contributed by atoms with Crippen LogP contribution in [0.15, 0.2) is 24.3 Å². The number of ether oxygens (including phenoxy) is 2. The Hall–Kier alpha value is -1.71. The standard InChI is InChI=1S/C14H20O4/c1-10(2)7-11(14(15)16)9-18-13-6-4-5-12(8-13)17-3/h4-6,8,10-11H,7,9H2,1-3H3,(H,15,16). The second kappa shape index (κ2) is 6.89. The Balaban J connectivity index is 2.58. The van der Waals surface area contributed by atoms with Crippen molar-refractivity contribution in [3.63, 3.8) is 0 Å². The minimum atomic E-state index is -0.813. The Morgan fingerprint density at radius 3 is 2.56 bits per heavy atom. The van der Waals surface area contributed by atoms with Crippen LogP contribution >= 0.6 is 0 Å². The molecule has 100 valence electrons. The second-order valence-corrected chi connectivity index (χ2v) is 4.65. The van der Waals surface area contributed by atoms with Gasteiger partial charge in [0.15, 0.2) is 0 Å². The third-order valence-corrected chi connectivity index (χ3v) is 2.60. The number of carboxylic acids is 1. The summed E-state index contributed by atoms with van der Waals surface area (Å²) in [4.78, 5) is 11.1. The zero-order valence-electron chi connectivity index (χ0n) is 11.1. The summed E-state index contributed by atoms with van der Waals surface area (Å²) in [5, 5.41) is 9.10. The molecule has 1 atom stereocenters. The van der Waals surface area contributed by atoms with Crippen LogP contribution in [0.25, 0.3) is 0 Å². The molecule has 0 fully saturated rings. The van der Waals surface area contributed by atoms with E-state index in [9.17, 15) is 4.79 Å². The Labute approximate surface area is 108 Å². The number of methoxy groups -OCH3 is 1. The summed E-state index contributed by atoms with van der Waals surface area (Å²) in [5.74, 6) is 0.371. The van der Waals surface area contributed by atoms with Crippen LogP contribution in [0.1, 0.15) is 20.3 Å². The van der Waals surface area contributed by atoms with E-state index < -0.39 is 11.9 Å². The highest BCUT2D eigenvalue weighted by atomic mass is 16.5. The summed E-state index contributed by atoms with van der Waals surface area (Å²) in [6.07, 6.45) is 0.610. The van der Waals surface area contributed by atoms with Gasteiger partial charge in [-0.3, -0.25) is 4.79 Å². The van der Waals surface area contributed by atoms with E-state index in [-0.39, 0.29) is 6.61 Å². The van der Waals surface area contributed by atoms with E-state index in [0.717, 1.165) is 0 Å². The maximum Gasteiger partial charge on any atom is 0.309 e. The maximum atomic E-state index is 11.1. The fourth-order valence-corrected chi connectivity index (χ4v) is 1.70. The van der Waals surface area contributed by atoms with Gasteiger partial charge in [0.25, 0.3) is 0 Å². The zero-order chi connectivity index (χ0) is 13.5. The van der Waals surface area contributed by atoms with Gasteiger partial charge in [-0.1, -0.05) is 19.9 Å². The normalized spacial score (nSPS) is 12.2. The van der Waals surface area contributed by atoms with E-state index >= 15 is 0 Å². The van der Waals surface area contributed by atoms with Crippen LogP contribution in [0.5, 0.6) is 11.5 Å². The predicted molar refractivity (Wildman–Crippen MR) is 69.1 cm³/mol. The minimum Gasteiger partial charge on any atom is -0.497 e. The molecule has 4 heteroatoms. The van der Waals surface area contributed by atoms with Gasteiger partial charge in [-0.05, 0) is 24.5 Å². The first kappa shape index (κ1) is 14.4. The van der Waals surface area contributed by atoms with E-state index in [4.69, 9.17) is 14.6 Å². The maximum absolute atomic E-state index is 11.1. The van der Waals surface area contributed by atoms with Crippen molar-refractivity contribution < 1.29 is 19.4 Å². The van der Waals surface area contributed by atoms with Crippen LogP contribution < -0.4 is 9.47 Å². The van der Waals surface area contributed by atoms with E-state index in [1.807, 2.05) is 26.0 Å². The molecule has 0 saturated heterocycles. The first-order chi connectivity index (χ1) is 8.52. The van der Waals surface area contributed by atoms with Gasteiger partial charge in [0.2, 0.25) is 0 Å². The molecule has 0 aliphatic heterocycles. The van der Waals surface area contributed by atoms with Gasteiger partial charge in [0, 0.05) is 6.07 Å². The van der Waals surface area contributed by atoms with Crippen molar-refractivity contribution in [1.29, 1.82) is 0 Å². The van der Waals surface area contributed by atoms with E-state index in [0.29, 0.717) is 23.8 Å². The van der Waals surface area contributed by atoms with Crippen molar-refractivity contribution in [1.82, 2.24) is 0 Å². The van der Waals surface area contributed by atoms with Gasteiger partial charge >= 0.3 is 5.97 Å². The summed E-state index contributed by atoms with van der Waals surface area (Å²) in [5.41, 5.74) is 0. The number of aliphatic carboxylic acids is 1. The van der Waals surface area contributed by atoms with Gasteiger partial charge in [-0.15, -0.1) is 0 Å². The predicted octanol–water partition coefficient (Wildman–Crippen LogP) is 2.82. The average molecular weight is 252 g/mol. The highest BCUT2D eigenvalue weighted by Crippen LogP contribution is 2.20. The van der Waals surface area contributed by atoms with Crippen LogP contribution in [0.3, 0.4) is 0 Å². The molecule has 1 rings (SSSR count). The third kappa shape index (κ3) is 4.65. The molecule has 0 spiro atoms. The lowest BCUT2D eigenvalue weighted by molar-refractivity contribution is -0.143. The van der Waals surface area contributed by atoms with Crippen molar-refractivity contribution in [2.24, 2.45) is 11.8 Å². The average Bonchev–Trinajstić information content (AvgIpc) is 2.34. The summed E-state index contributed by atoms with van der Waals surface area (Å²) in [6.45, 7) is 4.18. The Kier molecular flexibility index (Phi) is 5.49. The quantitative estimate of drug-likeness (QED) is 0.810. The molecule has 0 aromatic heterocycles. The fraction of sp³-hybridized carbons (Fsp3) is 0.500. The molecule has 0 bridgehead atoms. The topological polar surface area (TPSA) is 55.8 Å². The van der Waals surface area contributed by atoms with E-state index in [1.54, 1.807) is 19.2 Å². The third-order valence-electron chi connectivity index (χ3n) is 2.60. The van der Waals surface area contributed by atoms with Crippen molar-refractivity contribution >= 4 is 5.97 Å². The highest BCUT2D eigenvalue weighted by Gasteiger charge is 2.19. The molecule has 0 aliphatic rings. The van der Waals surface area contributed by atoms with Crippen LogP contribution in [0.4, 0.5) is 0 Å². The Bertz CT molecular complexity index is 387. The number of hydrogen-bond donors (Lipinski definition) is 1. The fourth-order valence-electron chi connectivity index (χ4n) is 1.70. The van der Waals surface area contributed by atoms with Gasteiger partial charge in [0.05, 0.1) is 13.0 Å². The summed E-state index contributed by atoms with van der Waals surface area (Å²) in [7, 11) is 1.58. The summed E-state index contributed by atoms with van der Waals surface area (Å²) < 4.78 is 10.6. The highest BCUT2D eigenvalue weighted by molar-refractivity contribution is 5.70. The lowest BCUT2D eigenvalue weighted by atomic mass is 9.98. The molecule has 4 nitrogen and oxygen atoms in total. The first-order valence-electron chi connectivity index (χ1n) is 6.02.